The quantitative estimate of drug-likeness (QED) is 0.336. The number of hydrogen-bond donors (Lipinski definition) is 0. The predicted octanol–water partition coefficient (Wildman–Crippen LogP) is 11.0. The van der Waals surface area contributed by atoms with Crippen LogP contribution in [0.4, 0.5) is 0 Å². The van der Waals surface area contributed by atoms with E-state index in [1.807, 2.05) is 5.92 Å². The molecule has 5 rings (SSSR count). The van der Waals surface area contributed by atoms with Gasteiger partial charge in [-0.25, -0.2) is 0 Å². The molecule has 5 aliphatic rings. The molecule has 5 aliphatic carbocycles. The summed E-state index contributed by atoms with van der Waals surface area (Å²) in [6.45, 7) is 10.5. The van der Waals surface area contributed by atoms with Gasteiger partial charge in [-0.1, -0.05) is 111 Å². The van der Waals surface area contributed by atoms with Crippen molar-refractivity contribution in [3.8, 4) is 0 Å². The van der Waals surface area contributed by atoms with E-state index >= 15 is 0 Å². The third-order valence-corrected chi connectivity index (χ3v) is 13.8. The van der Waals surface area contributed by atoms with Crippen molar-refractivity contribution >= 4 is 11.6 Å². The Morgan fingerprint density at radius 2 is 0.943 bits per heavy atom. The van der Waals surface area contributed by atoms with Crippen LogP contribution in [0.25, 0.3) is 0 Å². The van der Waals surface area contributed by atoms with E-state index in [9.17, 15) is 0 Å². The highest BCUT2D eigenvalue weighted by Crippen LogP contribution is 2.72. The van der Waals surface area contributed by atoms with Crippen LogP contribution in [0.1, 0.15) is 150 Å². The van der Waals surface area contributed by atoms with Crippen molar-refractivity contribution < 1.29 is 0 Å². The first kappa shape index (κ1) is 26.9. The Morgan fingerprint density at radius 1 is 0.514 bits per heavy atom. The van der Waals surface area contributed by atoms with Crippen LogP contribution in [-0.4, -0.2) is 4.87 Å². The van der Waals surface area contributed by atoms with Crippen molar-refractivity contribution in [1.82, 2.24) is 0 Å². The Balaban J connectivity index is 1.68. The van der Waals surface area contributed by atoms with Gasteiger partial charge in [0, 0.05) is 5.92 Å². The zero-order valence-electron chi connectivity index (χ0n) is 23.9. The molecule has 0 N–H and O–H groups in total. The van der Waals surface area contributed by atoms with E-state index in [0.29, 0.717) is 11.3 Å². The van der Waals surface area contributed by atoms with Crippen LogP contribution in [0, 0.1) is 58.7 Å². The van der Waals surface area contributed by atoms with Gasteiger partial charge < -0.3 is 0 Å². The van der Waals surface area contributed by atoms with Crippen molar-refractivity contribution in [1.29, 1.82) is 0 Å². The average molecular weight is 502 g/mol. The highest BCUT2D eigenvalue weighted by molar-refractivity contribution is 6.26. The summed E-state index contributed by atoms with van der Waals surface area (Å²) >= 11 is 8.80. The molecule has 0 amide bonds. The van der Waals surface area contributed by atoms with Crippen LogP contribution in [0.3, 0.4) is 0 Å². The summed E-state index contributed by atoms with van der Waals surface area (Å²) in [4.78, 5) is -0.0477. The Bertz CT molecular complexity index is 662. The van der Waals surface area contributed by atoms with E-state index in [1.54, 1.807) is 0 Å². The van der Waals surface area contributed by atoms with Crippen molar-refractivity contribution in [2.75, 3.05) is 0 Å². The molecular formula is C34H58Cl. The zero-order valence-corrected chi connectivity index (χ0v) is 24.7. The molecule has 7 unspecified atom stereocenters. The maximum Gasteiger partial charge on any atom is 0.0603 e. The summed E-state index contributed by atoms with van der Waals surface area (Å²) in [5.41, 5.74) is 0.343. The minimum atomic E-state index is -0.0477. The summed E-state index contributed by atoms with van der Waals surface area (Å²) in [6.07, 6.45) is 27.3. The molecule has 5 fully saturated rings. The van der Waals surface area contributed by atoms with Crippen molar-refractivity contribution in [2.24, 2.45) is 52.8 Å². The molecule has 35 heavy (non-hydrogen) atoms. The smallest absolute Gasteiger partial charge is 0.0603 e. The fourth-order valence-electron chi connectivity index (χ4n) is 11.4. The number of hydrogen-bond acceptors (Lipinski definition) is 0. The minimum absolute atomic E-state index is 0.0477. The molecule has 0 aromatic rings. The molecule has 0 aliphatic heterocycles. The van der Waals surface area contributed by atoms with Gasteiger partial charge in [-0.05, 0) is 91.3 Å². The lowest BCUT2D eigenvalue weighted by molar-refractivity contribution is -0.111. The number of halogens is 1. The number of rotatable bonds is 4. The fraction of sp³-hybridized carbons (Fsp3) is 0.971. The Labute approximate surface area is 224 Å². The van der Waals surface area contributed by atoms with E-state index in [2.05, 4.69) is 27.7 Å². The maximum atomic E-state index is 8.80. The average Bonchev–Trinajstić information content (AvgIpc) is 2.86. The zero-order chi connectivity index (χ0) is 24.6. The van der Waals surface area contributed by atoms with E-state index < -0.39 is 0 Å². The van der Waals surface area contributed by atoms with E-state index in [0.717, 1.165) is 41.4 Å². The molecule has 0 spiro atoms. The lowest BCUT2D eigenvalue weighted by atomic mass is 9.39. The highest BCUT2D eigenvalue weighted by Gasteiger charge is 2.68. The Morgan fingerprint density at radius 3 is 1.43 bits per heavy atom. The Kier molecular flexibility index (Phi) is 8.59. The molecule has 0 aromatic heterocycles. The van der Waals surface area contributed by atoms with E-state index in [1.165, 1.54) is 122 Å². The van der Waals surface area contributed by atoms with Gasteiger partial charge in [0.2, 0.25) is 0 Å². The second-order valence-electron chi connectivity index (χ2n) is 14.6. The third kappa shape index (κ3) is 4.59. The monoisotopic (exact) mass is 501 g/mol. The lowest BCUT2D eigenvalue weighted by Gasteiger charge is -2.69. The SMILES string of the molecule is CC1CCCCC1C1(C2CCCCC2C)CCC[C]([C@H]2CCCCC2C)[C@@]1(Cl)C1CCCCC1C. The first-order valence-electron chi connectivity index (χ1n) is 16.5. The summed E-state index contributed by atoms with van der Waals surface area (Å²) in [6, 6.07) is 0. The van der Waals surface area contributed by atoms with Crippen molar-refractivity contribution in [3.05, 3.63) is 5.92 Å². The third-order valence-electron chi connectivity index (χ3n) is 12.9. The number of alkyl halides is 1. The van der Waals surface area contributed by atoms with Crippen LogP contribution in [0.5, 0.6) is 0 Å². The second-order valence-corrected chi connectivity index (χ2v) is 15.2. The van der Waals surface area contributed by atoms with Gasteiger partial charge in [0.1, 0.15) is 0 Å². The topological polar surface area (TPSA) is 0 Å². The van der Waals surface area contributed by atoms with Gasteiger partial charge in [-0.15, -0.1) is 11.6 Å². The normalized spacial score (nSPS) is 50.7. The standard InChI is InChI=1S/C34H58Cl/c1-24-14-5-9-18-28(24)32-22-13-23-33(29-19-10-6-15-25(29)2,30-20-11-7-16-26(30)3)34(32,35)31-21-12-8-17-27(31)4/h24-31H,5-23H2,1-4H3/t24?,25?,26?,27?,28-,29?,30?,31?,33?,34-/m0/s1. The Hall–Kier alpha value is 0.290. The molecule has 9 atom stereocenters. The molecule has 1 heteroatoms. The predicted molar refractivity (Wildman–Crippen MR) is 153 cm³/mol. The van der Waals surface area contributed by atoms with Crippen LogP contribution < -0.4 is 0 Å². The highest BCUT2D eigenvalue weighted by atomic mass is 35.5. The van der Waals surface area contributed by atoms with Crippen LogP contribution in [0.2, 0.25) is 0 Å². The molecular weight excluding hydrogens is 444 g/mol. The first-order valence-corrected chi connectivity index (χ1v) is 16.8. The van der Waals surface area contributed by atoms with Crippen LogP contribution in [0.15, 0.2) is 0 Å². The first-order chi connectivity index (χ1) is 16.9. The van der Waals surface area contributed by atoms with Gasteiger partial charge >= 0.3 is 0 Å². The largest absolute Gasteiger partial charge is 0.118 e. The molecule has 0 heterocycles. The summed E-state index contributed by atoms with van der Waals surface area (Å²) in [7, 11) is 0. The molecule has 0 bridgehead atoms. The molecule has 1 radical (unpaired) electrons. The maximum absolute atomic E-state index is 8.80. The van der Waals surface area contributed by atoms with Crippen molar-refractivity contribution in [2.45, 2.75) is 155 Å². The van der Waals surface area contributed by atoms with Crippen LogP contribution in [-0.2, 0) is 0 Å². The van der Waals surface area contributed by atoms with E-state index in [4.69, 9.17) is 11.6 Å². The molecule has 0 saturated heterocycles. The summed E-state index contributed by atoms with van der Waals surface area (Å²) in [5, 5.41) is 0. The van der Waals surface area contributed by atoms with Gasteiger partial charge in [0.05, 0.1) is 4.87 Å². The molecule has 201 valence electrons. The van der Waals surface area contributed by atoms with Gasteiger partial charge in [0.15, 0.2) is 0 Å². The van der Waals surface area contributed by atoms with Gasteiger partial charge in [-0.2, -0.15) is 0 Å². The van der Waals surface area contributed by atoms with Gasteiger partial charge in [0.25, 0.3) is 0 Å². The fourth-order valence-corrected chi connectivity index (χ4v) is 12.3. The molecule has 0 nitrogen and oxygen atoms in total. The second kappa shape index (κ2) is 11.2. The summed E-state index contributed by atoms with van der Waals surface area (Å²) < 4.78 is 0. The summed E-state index contributed by atoms with van der Waals surface area (Å²) in [5.74, 6) is 8.50. The van der Waals surface area contributed by atoms with E-state index in [-0.39, 0.29) is 4.87 Å². The molecule has 5 saturated carbocycles. The minimum Gasteiger partial charge on any atom is -0.118 e. The van der Waals surface area contributed by atoms with Crippen molar-refractivity contribution in [3.63, 3.8) is 0 Å². The molecule has 0 aromatic carbocycles. The lowest BCUT2D eigenvalue weighted by Crippen LogP contribution is -2.67. The van der Waals surface area contributed by atoms with Gasteiger partial charge in [-0.3, -0.25) is 0 Å². The van der Waals surface area contributed by atoms with Crippen LogP contribution >= 0.6 is 11.6 Å².